The van der Waals surface area contributed by atoms with Crippen molar-refractivity contribution in [3.63, 3.8) is 0 Å². The van der Waals surface area contributed by atoms with Crippen LogP contribution in [0.5, 0.6) is 0 Å². The van der Waals surface area contributed by atoms with Crippen molar-refractivity contribution < 1.29 is 28.2 Å². The molecule has 0 aromatic heterocycles. The van der Waals surface area contributed by atoms with E-state index < -0.39 is 24.1 Å². The average molecular weight is 398 g/mol. The number of hydrogen-bond acceptors (Lipinski definition) is 6. The summed E-state index contributed by atoms with van der Waals surface area (Å²) in [4.78, 5) is 35.4. The third-order valence-corrected chi connectivity index (χ3v) is 3.66. The van der Waals surface area contributed by atoms with Crippen LogP contribution in [-0.2, 0) is 14.3 Å². The standard InChI is InChI=1S/C16H19FN4O5S/c1-3-25-15(23)20-14(27)19-13-5-4-10(6-12(13)17)21-8-11(26-16(21)24)7-18-9(2)22/h4-6,11H,3,7-8H2,1-2H3,(H,18,22)(H2,19,20,23,27)/t11-/m0/s1. The van der Waals surface area contributed by atoms with Crippen LogP contribution >= 0.6 is 12.2 Å². The lowest BCUT2D eigenvalue weighted by molar-refractivity contribution is -0.119. The molecule has 3 amide bonds. The van der Waals surface area contributed by atoms with Gasteiger partial charge in [-0.2, -0.15) is 0 Å². The smallest absolute Gasteiger partial charge is 0.414 e. The van der Waals surface area contributed by atoms with Crippen LogP contribution in [0.4, 0.5) is 25.4 Å². The molecule has 11 heteroatoms. The molecule has 2 rings (SSSR count). The molecule has 1 aliphatic rings. The van der Waals surface area contributed by atoms with Crippen LogP contribution in [0, 0.1) is 5.82 Å². The lowest BCUT2D eigenvalue weighted by atomic mass is 10.2. The maximum absolute atomic E-state index is 14.3. The molecular weight excluding hydrogens is 379 g/mol. The predicted molar refractivity (Wildman–Crippen MR) is 99.1 cm³/mol. The summed E-state index contributed by atoms with van der Waals surface area (Å²) in [6.07, 6.45) is -1.91. The van der Waals surface area contributed by atoms with E-state index in [9.17, 15) is 18.8 Å². The van der Waals surface area contributed by atoms with Crippen molar-refractivity contribution in [2.24, 2.45) is 0 Å². The van der Waals surface area contributed by atoms with Gasteiger partial charge in [0.05, 0.1) is 31.1 Å². The van der Waals surface area contributed by atoms with Gasteiger partial charge in [0, 0.05) is 6.92 Å². The highest BCUT2D eigenvalue weighted by atomic mass is 32.1. The van der Waals surface area contributed by atoms with E-state index in [1.54, 1.807) is 6.92 Å². The summed E-state index contributed by atoms with van der Waals surface area (Å²) in [5.41, 5.74) is 0.306. The molecule has 1 aromatic carbocycles. The number of amides is 3. The first kappa shape index (κ1) is 20.4. The maximum atomic E-state index is 14.3. The number of anilines is 2. The monoisotopic (exact) mass is 398 g/mol. The van der Waals surface area contributed by atoms with E-state index in [1.165, 1.54) is 24.0 Å². The number of ether oxygens (including phenoxy) is 2. The second kappa shape index (κ2) is 9.12. The van der Waals surface area contributed by atoms with Gasteiger partial charge in [-0.15, -0.1) is 0 Å². The second-order valence-electron chi connectivity index (χ2n) is 5.52. The molecule has 1 aliphatic heterocycles. The van der Waals surface area contributed by atoms with Gasteiger partial charge in [0.1, 0.15) is 11.9 Å². The average Bonchev–Trinajstić information content (AvgIpc) is 2.96. The zero-order valence-corrected chi connectivity index (χ0v) is 15.5. The summed E-state index contributed by atoms with van der Waals surface area (Å²) >= 11 is 4.90. The molecule has 0 bridgehead atoms. The fraction of sp³-hybridized carbons (Fsp3) is 0.375. The molecule has 1 saturated heterocycles. The Hall–Kier alpha value is -2.95. The molecule has 1 fully saturated rings. The minimum Gasteiger partial charge on any atom is -0.450 e. The molecule has 0 spiro atoms. The van der Waals surface area contributed by atoms with Crippen LogP contribution in [-0.4, -0.2) is 49.0 Å². The van der Waals surface area contributed by atoms with Crippen LogP contribution in [0.2, 0.25) is 0 Å². The first-order valence-corrected chi connectivity index (χ1v) is 8.47. The highest BCUT2D eigenvalue weighted by Crippen LogP contribution is 2.26. The largest absolute Gasteiger partial charge is 0.450 e. The highest BCUT2D eigenvalue weighted by Gasteiger charge is 2.32. The number of thiocarbonyl (C=S) groups is 1. The quantitative estimate of drug-likeness (QED) is 0.648. The van der Waals surface area contributed by atoms with Gasteiger partial charge in [-0.25, -0.2) is 14.0 Å². The van der Waals surface area contributed by atoms with Crippen LogP contribution < -0.4 is 20.9 Å². The number of halogens is 1. The summed E-state index contributed by atoms with van der Waals surface area (Å²) in [6, 6.07) is 4.01. The van der Waals surface area contributed by atoms with Crippen molar-refractivity contribution >= 4 is 46.8 Å². The van der Waals surface area contributed by atoms with Crippen LogP contribution in [0.15, 0.2) is 18.2 Å². The van der Waals surface area contributed by atoms with Gasteiger partial charge in [-0.1, -0.05) is 0 Å². The summed E-state index contributed by atoms with van der Waals surface area (Å²) < 4.78 is 24.1. The topological polar surface area (TPSA) is 109 Å². The van der Waals surface area contributed by atoms with Crippen molar-refractivity contribution in [1.82, 2.24) is 10.6 Å². The molecule has 3 N–H and O–H groups in total. The second-order valence-corrected chi connectivity index (χ2v) is 5.93. The molecule has 0 saturated carbocycles. The SMILES string of the molecule is CCOC(=O)NC(=S)Nc1ccc(N2C[C@H](CNC(C)=O)OC2=O)cc1F. The minimum atomic E-state index is -0.753. The van der Waals surface area contributed by atoms with Crippen LogP contribution in [0.3, 0.4) is 0 Å². The molecule has 27 heavy (non-hydrogen) atoms. The Kier molecular flexibility index (Phi) is 6.88. The summed E-state index contributed by atoms with van der Waals surface area (Å²) in [6.45, 7) is 3.52. The van der Waals surface area contributed by atoms with Gasteiger partial charge in [0.2, 0.25) is 5.91 Å². The molecule has 9 nitrogen and oxygen atoms in total. The van der Waals surface area contributed by atoms with E-state index in [0.717, 1.165) is 6.07 Å². The van der Waals surface area contributed by atoms with Crippen molar-refractivity contribution in [2.75, 3.05) is 29.9 Å². The number of alkyl carbamates (subject to hydrolysis) is 1. The van der Waals surface area contributed by atoms with Gasteiger partial charge >= 0.3 is 12.2 Å². The Morgan fingerprint density at radius 1 is 1.44 bits per heavy atom. The lowest BCUT2D eigenvalue weighted by Crippen LogP contribution is -2.34. The zero-order chi connectivity index (χ0) is 20.0. The van der Waals surface area contributed by atoms with E-state index in [0.29, 0.717) is 0 Å². The lowest BCUT2D eigenvalue weighted by Gasteiger charge is -2.15. The molecule has 1 atom stereocenters. The van der Waals surface area contributed by atoms with Gasteiger partial charge in [-0.05, 0) is 37.3 Å². The molecule has 1 aromatic rings. The Bertz CT molecular complexity index is 760. The van der Waals surface area contributed by atoms with Crippen LogP contribution in [0.25, 0.3) is 0 Å². The molecule has 0 unspecified atom stereocenters. The number of carbonyl (C=O) groups excluding carboxylic acids is 3. The van der Waals surface area contributed by atoms with E-state index in [-0.39, 0.29) is 42.1 Å². The Labute approximate surface area is 160 Å². The van der Waals surface area contributed by atoms with Gasteiger partial charge in [0.25, 0.3) is 0 Å². The summed E-state index contributed by atoms with van der Waals surface area (Å²) in [5.74, 6) is -0.919. The van der Waals surface area contributed by atoms with Gasteiger partial charge in [0.15, 0.2) is 5.11 Å². The normalized spacial score (nSPS) is 15.7. The first-order valence-electron chi connectivity index (χ1n) is 8.07. The van der Waals surface area contributed by atoms with E-state index in [4.69, 9.17) is 17.0 Å². The van der Waals surface area contributed by atoms with Gasteiger partial charge < -0.3 is 20.1 Å². The fourth-order valence-electron chi connectivity index (χ4n) is 2.28. The van der Waals surface area contributed by atoms with E-state index in [1.807, 2.05) is 0 Å². The molecule has 146 valence electrons. The third-order valence-electron chi connectivity index (χ3n) is 3.46. The maximum Gasteiger partial charge on any atom is 0.414 e. The van der Waals surface area contributed by atoms with Crippen LogP contribution in [0.1, 0.15) is 13.8 Å². The molecule has 0 radical (unpaired) electrons. The third kappa shape index (κ3) is 5.78. The van der Waals surface area contributed by atoms with E-state index >= 15 is 0 Å². The summed E-state index contributed by atoms with van der Waals surface area (Å²) in [7, 11) is 0. The molecular formula is C16H19FN4O5S. The van der Waals surface area contributed by atoms with Crippen molar-refractivity contribution in [3.05, 3.63) is 24.0 Å². The van der Waals surface area contributed by atoms with E-state index in [2.05, 4.69) is 20.7 Å². The Balaban J connectivity index is 1.99. The number of carbonyl (C=O) groups is 3. The van der Waals surface area contributed by atoms with Crippen molar-refractivity contribution in [3.8, 4) is 0 Å². The number of nitrogens with zero attached hydrogens (tertiary/aromatic N) is 1. The number of rotatable bonds is 5. The number of benzene rings is 1. The minimum absolute atomic E-state index is 0.0166. The first-order chi connectivity index (χ1) is 12.8. The molecule has 1 heterocycles. The summed E-state index contributed by atoms with van der Waals surface area (Å²) in [5, 5.41) is 7.20. The number of nitrogens with one attached hydrogen (secondary N) is 3. The van der Waals surface area contributed by atoms with Crippen molar-refractivity contribution in [1.29, 1.82) is 0 Å². The van der Waals surface area contributed by atoms with Gasteiger partial charge in [-0.3, -0.25) is 15.0 Å². The highest BCUT2D eigenvalue weighted by molar-refractivity contribution is 7.80. The number of hydrogen-bond donors (Lipinski definition) is 3. The predicted octanol–water partition coefficient (Wildman–Crippen LogP) is 1.73. The zero-order valence-electron chi connectivity index (χ0n) is 14.7. The number of cyclic esters (lactones) is 1. The van der Waals surface area contributed by atoms with Crippen molar-refractivity contribution in [2.45, 2.75) is 20.0 Å². The fourth-order valence-corrected chi connectivity index (χ4v) is 2.48. The molecule has 0 aliphatic carbocycles. The Morgan fingerprint density at radius 2 is 2.19 bits per heavy atom. The Morgan fingerprint density at radius 3 is 2.81 bits per heavy atom.